The molecule has 9 heteroatoms. The number of anilines is 1. The highest BCUT2D eigenvalue weighted by Crippen LogP contribution is 2.40. The summed E-state index contributed by atoms with van der Waals surface area (Å²) in [4.78, 5) is 11.9. The van der Waals surface area contributed by atoms with Crippen LogP contribution in [0.5, 0.6) is 5.75 Å². The van der Waals surface area contributed by atoms with Gasteiger partial charge in [-0.25, -0.2) is 4.79 Å². The lowest BCUT2D eigenvalue weighted by Gasteiger charge is -2.16. The Labute approximate surface area is 131 Å². The van der Waals surface area contributed by atoms with E-state index in [-0.39, 0.29) is 17.3 Å². The van der Waals surface area contributed by atoms with Gasteiger partial charge in [0.2, 0.25) is 0 Å². The fourth-order valence-electron chi connectivity index (χ4n) is 1.85. The van der Waals surface area contributed by atoms with Crippen LogP contribution in [0.2, 0.25) is 0 Å². The van der Waals surface area contributed by atoms with Crippen LogP contribution in [0.3, 0.4) is 0 Å². The molecule has 2 aromatic carbocycles. The first-order chi connectivity index (χ1) is 11.0. The summed E-state index contributed by atoms with van der Waals surface area (Å²) in [5.74, 6) is -2.25. The van der Waals surface area contributed by atoms with Crippen molar-refractivity contribution in [3.05, 3.63) is 59.2 Å². The van der Waals surface area contributed by atoms with E-state index in [9.17, 15) is 31.1 Å². The first-order valence-electron chi connectivity index (χ1n) is 6.35. The number of halogens is 6. The fourth-order valence-corrected chi connectivity index (χ4v) is 1.85. The second kappa shape index (κ2) is 6.06. The lowest BCUT2D eigenvalue weighted by molar-refractivity contribution is -0.143. The summed E-state index contributed by atoms with van der Waals surface area (Å²) in [6, 6.07) is 6.17. The van der Waals surface area contributed by atoms with Crippen LogP contribution < -0.4 is 10.5 Å². The molecular formula is C15H9F6NO2. The van der Waals surface area contributed by atoms with Crippen molar-refractivity contribution >= 4 is 11.7 Å². The SMILES string of the molecule is Nc1ccccc1C(=O)Oc1ccc(C(F)(F)F)cc1C(F)(F)F. The van der Waals surface area contributed by atoms with Gasteiger partial charge >= 0.3 is 18.3 Å². The van der Waals surface area contributed by atoms with Crippen LogP contribution in [0.15, 0.2) is 42.5 Å². The number of carbonyl (C=O) groups is 1. The summed E-state index contributed by atoms with van der Waals surface area (Å²) >= 11 is 0. The van der Waals surface area contributed by atoms with Crippen LogP contribution in [0.25, 0.3) is 0 Å². The Kier molecular flexibility index (Phi) is 4.46. The number of hydrogen-bond acceptors (Lipinski definition) is 3. The van der Waals surface area contributed by atoms with Crippen molar-refractivity contribution in [1.29, 1.82) is 0 Å². The normalized spacial score (nSPS) is 12.1. The van der Waals surface area contributed by atoms with Gasteiger partial charge in [-0.3, -0.25) is 0 Å². The lowest BCUT2D eigenvalue weighted by Crippen LogP contribution is -2.16. The first kappa shape index (κ1) is 17.6. The Bertz CT molecular complexity index is 767. The van der Waals surface area contributed by atoms with Gasteiger partial charge < -0.3 is 10.5 Å². The van der Waals surface area contributed by atoms with E-state index in [2.05, 4.69) is 4.74 Å². The summed E-state index contributed by atoms with van der Waals surface area (Å²) < 4.78 is 81.2. The molecule has 3 nitrogen and oxygen atoms in total. The van der Waals surface area contributed by atoms with E-state index in [1.54, 1.807) is 0 Å². The fraction of sp³-hybridized carbons (Fsp3) is 0.133. The van der Waals surface area contributed by atoms with Gasteiger partial charge in [0.05, 0.1) is 16.7 Å². The van der Waals surface area contributed by atoms with Crippen molar-refractivity contribution in [1.82, 2.24) is 0 Å². The van der Waals surface area contributed by atoms with Gasteiger partial charge in [0.1, 0.15) is 5.75 Å². The summed E-state index contributed by atoms with van der Waals surface area (Å²) in [6.07, 6.45) is -10.1. The standard InChI is InChI=1S/C15H9F6NO2/c16-14(17,18)8-5-6-12(10(7-8)15(19,20)21)24-13(23)9-3-1-2-4-11(9)22/h1-7H,22H2. The number of benzene rings is 2. The zero-order valence-corrected chi connectivity index (χ0v) is 11.7. The molecule has 2 N–H and O–H groups in total. The molecule has 0 aromatic heterocycles. The summed E-state index contributed by atoms with van der Waals surface area (Å²) in [5.41, 5.74) is 2.05. The molecule has 0 amide bonds. The van der Waals surface area contributed by atoms with Crippen molar-refractivity contribution in [2.24, 2.45) is 0 Å². The Morgan fingerprint density at radius 2 is 1.54 bits per heavy atom. The van der Waals surface area contributed by atoms with Crippen molar-refractivity contribution in [2.45, 2.75) is 12.4 Å². The van der Waals surface area contributed by atoms with Crippen LogP contribution >= 0.6 is 0 Å². The number of ether oxygens (including phenoxy) is 1. The minimum Gasteiger partial charge on any atom is -0.422 e. The average molecular weight is 349 g/mol. The Morgan fingerprint density at radius 1 is 0.917 bits per heavy atom. The highest BCUT2D eigenvalue weighted by atomic mass is 19.4. The number of carbonyl (C=O) groups excluding carboxylic acids is 1. The molecule has 0 bridgehead atoms. The number of esters is 1. The van der Waals surface area contributed by atoms with Crippen LogP contribution in [-0.2, 0) is 12.4 Å². The van der Waals surface area contributed by atoms with E-state index >= 15 is 0 Å². The number of alkyl halides is 6. The monoisotopic (exact) mass is 349 g/mol. The maximum absolute atomic E-state index is 13.0. The molecule has 24 heavy (non-hydrogen) atoms. The summed E-state index contributed by atoms with van der Waals surface area (Å²) in [5, 5.41) is 0. The predicted octanol–water partition coefficient (Wildman–Crippen LogP) is 4.53. The molecule has 0 saturated carbocycles. The number of nitrogens with two attached hydrogens (primary N) is 1. The molecule has 0 saturated heterocycles. The van der Waals surface area contributed by atoms with E-state index in [1.165, 1.54) is 24.3 Å². The predicted molar refractivity (Wildman–Crippen MR) is 72.3 cm³/mol. The molecule has 0 atom stereocenters. The average Bonchev–Trinajstić information content (AvgIpc) is 2.45. The van der Waals surface area contributed by atoms with Gasteiger partial charge in [-0.15, -0.1) is 0 Å². The minimum absolute atomic E-state index is 0.0389. The van der Waals surface area contributed by atoms with Crippen molar-refractivity contribution in [2.75, 3.05) is 5.73 Å². The van der Waals surface area contributed by atoms with E-state index < -0.39 is 35.2 Å². The molecule has 0 spiro atoms. The molecule has 128 valence electrons. The maximum Gasteiger partial charge on any atom is 0.420 e. The molecule has 2 rings (SSSR count). The number of para-hydroxylation sites is 1. The second-order valence-corrected chi connectivity index (χ2v) is 4.68. The van der Waals surface area contributed by atoms with Gasteiger partial charge in [-0.1, -0.05) is 12.1 Å². The van der Waals surface area contributed by atoms with Crippen LogP contribution in [0, 0.1) is 0 Å². The third kappa shape index (κ3) is 3.79. The number of nitrogen functional groups attached to an aromatic ring is 1. The Hall–Kier alpha value is -2.71. The van der Waals surface area contributed by atoms with Gasteiger partial charge in [0, 0.05) is 5.69 Å². The molecule has 0 aliphatic rings. The van der Waals surface area contributed by atoms with Crippen molar-refractivity contribution < 1.29 is 35.9 Å². The molecule has 0 heterocycles. The Morgan fingerprint density at radius 3 is 2.08 bits per heavy atom. The molecule has 0 aliphatic carbocycles. The summed E-state index contributed by atoms with van der Waals surface area (Å²) in [6.45, 7) is 0. The van der Waals surface area contributed by atoms with Crippen LogP contribution in [0.4, 0.5) is 32.0 Å². The van der Waals surface area contributed by atoms with Crippen LogP contribution in [0.1, 0.15) is 21.5 Å². The number of hydrogen-bond donors (Lipinski definition) is 1. The zero-order chi connectivity index (χ0) is 18.1. The van der Waals surface area contributed by atoms with Gasteiger partial charge in [-0.2, -0.15) is 26.3 Å². The Balaban J connectivity index is 2.43. The highest BCUT2D eigenvalue weighted by molar-refractivity contribution is 5.96. The van der Waals surface area contributed by atoms with Crippen molar-refractivity contribution in [3.63, 3.8) is 0 Å². The third-order valence-electron chi connectivity index (χ3n) is 3.00. The molecule has 2 aromatic rings. The molecule has 0 unspecified atom stereocenters. The number of rotatable bonds is 2. The smallest absolute Gasteiger partial charge is 0.420 e. The van der Waals surface area contributed by atoms with E-state index in [1.807, 2.05) is 0 Å². The lowest BCUT2D eigenvalue weighted by atomic mass is 10.1. The molecule has 0 radical (unpaired) electrons. The quantitative estimate of drug-likeness (QED) is 0.375. The van der Waals surface area contributed by atoms with Crippen LogP contribution in [-0.4, -0.2) is 5.97 Å². The van der Waals surface area contributed by atoms with E-state index in [4.69, 9.17) is 5.73 Å². The molecule has 0 fully saturated rings. The zero-order valence-electron chi connectivity index (χ0n) is 11.7. The van der Waals surface area contributed by atoms with E-state index in [0.29, 0.717) is 12.1 Å². The van der Waals surface area contributed by atoms with Crippen molar-refractivity contribution in [3.8, 4) is 5.75 Å². The molecular weight excluding hydrogens is 340 g/mol. The largest absolute Gasteiger partial charge is 0.422 e. The minimum atomic E-state index is -5.14. The highest BCUT2D eigenvalue weighted by Gasteiger charge is 2.39. The third-order valence-corrected chi connectivity index (χ3v) is 3.00. The second-order valence-electron chi connectivity index (χ2n) is 4.68. The van der Waals surface area contributed by atoms with E-state index in [0.717, 1.165) is 0 Å². The van der Waals surface area contributed by atoms with Gasteiger partial charge in [-0.05, 0) is 30.3 Å². The van der Waals surface area contributed by atoms with Gasteiger partial charge in [0.15, 0.2) is 0 Å². The van der Waals surface area contributed by atoms with Gasteiger partial charge in [0.25, 0.3) is 0 Å². The summed E-state index contributed by atoms with van der Waals surface area (Å²) in [7, 11) is 0. The topological polar surface area (TPSA) is 52.3 Å². The maximum atomic E-state index is 13.0. The first-order valence-corrected chi connectivity index (χ1v) is 6.35. The molecule has 0 aliphatic heterocycles.